The number of fused-ring (bicyclic) bond motifs is 1. The van der Waals surface area contributed by atoms with E-state index in [0.29, 0.717) is 0 Å². The van der Waals surface area contributed by atoms with Gasteiger partial charge in [0.2, 0.25) is 0 Å². The maximum Gasteiger partial charge on any atom is 0.0483 e. The molecule has 0 aliphatic carbocycles. The fraction of sp³-hybridized carbons (Fsp3) is 0.500. The Balaban J connectivity index is 2.14. The molecular weight excluding hydrogens is 236 g/mol. The van der Waals surface area contributed by atoms with Crippen LogP contribution in [0.4, 0.5) is 0 Å². The van der Waals surface area contributed by atoms with Gasteiger partial charge in [0.1, 0.15) is 0 Å². The van der Waals surface area contributed by atoms with Gasteiger partial charge in [0.15, 0.2) is 0 Å². The molecule has 0 saturated heterocycles. The minimum absolute atomic E-state index is 0.201. The SMILES string of the molecule is CCOCCCn1ccc2c(CC(C)N)cccc21. The molecule has 0 aliphatic rings. The van der Waals surface area contributed by atoms with Gasteiger partial charge in [0, 0.05) is 42.9 Å². The second kappa shape index (κ2) is 6.73. The number of aromatic nitrogens is 1. The Morgan fingerprint density at radius 1 is 1.32 bits per heavy atom. The molecule has 3 heteroatoms. The highest BCUT2D eigenvalue weighted by molar-refractivity contribution is 5.83. The highest BCUT2D eigenvalue weighted by Crippen LogP contribution is 2.21. The second-order valence-corrected chi connectivity index (χ2v) is 5.09. The van der Waals surface area contributed by atoms with Crippen LogP contribution < -0.4 is 5.73 Å². The number of rotatable bonds is 7. The standard InChI is InChI=1S/C16H24N2O/c1-3-19-11-5-9-18-10-8-15-14(12-13(2)17)6-4-7-16(15)18/h4,6-8,10,13H,3,5,9,11-12,17H2,1-2H3. The average Bonchev–Trinajstić information content (AvgIpc) is 2.79. The van der Waals surface area contributed by atoms with Crippen molar-refractivity contribution >= 4 is 10.9 Å². The number of hydrogen-bond acceptors (Lipinski definition) is 2. The molecule has 1 unspecified atom stereocenters. The minimum Gasteiger partial charge on any atom is -0.382 e. The van der Waals surface area contributed by atoms with Gasteiger partial charge in [-0.15, -0.1) is 0 Å². The molecule has 2 N–H and O–H groups in total. The van der Waals surface area contributed by atoms with Crippen molar-refractivity contribution in [1.29, 1.82) is 0 Å². The van der Waals surface area contributed by atoms with Gasteiger partial charge < -0.3 is 15.0 Å². The molecule has 1 aromatic carbocycles. The van der Waals surface area contributed by atoms with E-state index in [2.05, 4.69) is 42.0 Å². The van der Waals surface area contributed by atoms with Gasteiger partial charge in [-0.3, -0.25) is 0 Å². The summed E-state index contributed by atoms with van der Waals surface area (Å²) in [6.07, 6.45) is 4.15. The third-order valence-corrected chi connectivity index (χ3v) is 3.34. The van der Waals surface area contributed by atoms with Gasteiger partial charge in [-0.2, -0.15) is 0 Å². The van der Waals surface area contributed by atoms with Crippen molar-refractivity contribution in [2.24, 2.45) is 5.73 Å². The predicted molar refractivity (Wildman–Crippen MR) is 80.4 cm³/mol. The van der Waals surface area contributed by atoms with Crippen LogP contribution in [0.5, 0.6) is 0 Å². The lowest BCUT2D eigenvalue weighted by molar-refractivity contribution is 0.142. The molecule has 3 nitrogen and oxygen atoms in total. The molecule has 0 spiro atoms. The Morgan fingerprint density at radius 2 is 2.16 bits per heavy atom. The van der Waals surface area contributed by atoms with E-state index in [1.54, 1.807) is 0 Å². The highest BCUT2D eigenvalue weighted by atomic mass is 16.5. The van der Waals surface area contributed by atoms with Crippen LogP contribution in [0.25, 0.3) is 10.9 Å². The summed E-state index contributed by atoms with van der Waals surface area (Å²) in [5.74, 6) is 0. The summed E-state index contributed by atoms with van der Waals surface area (Å²) >= 11 is 0. The number of benzene rings is 1. The van der Waals surface area contributed by atoms with Crippen molar-refractivity contribution in [2.45, 2.75) is 39.3 Å². The lowest BCUT2D eigenvalue weighted by Crippen LogP contribution is -2.17. The topological polar surface area (TPSA) is 40.2 Å². The molecule has 0 fully saturated rings. The minimum atomic E-state index is 0.201. The first-order valence-electron chi connectivity index (χ1n) is 7.12. The molecule has 104 valence electrons. The Morgan fingerprint density at radius 3 is 2.89 bits per heavy atom. The molecule has 0 bridgehead atoms. The maximum atomic E-state index is 5.91. The van der Waals surface area contributed by atoms with Gasteiger partial charge in [-0.25, -0.2) is 0 Å². The zero-order chi connectivity index (χ0) is 13.7. The van der Waals surface area contributed by atoms with Crippen LogP contribution in [0.1, 0.15) is 25.8 Å². The summed E-state index contributed by atoms with van der Waals surface area (Å²) < 4.78 is 7.69. The lowest BCUT2D eigenvalue weighted by atomic mass is 10.0. The average molecular weight is 260 g/mol. The van der Waals surface area contributed by atoms with Crippen molar-refractivity contribution in [3.05, 3.63) is 36.0 Å². The molecule has 2 rings (SSSR count). The number of ether oxygens (including phenoxy) is 1. The predicted octanol–water partition coefficient (Wildman–Crippen LogP) is 2.96. The van der Waals surface area contributed by atoms with Crippen LogP contribution in [0.3, 0.4) is 0 Å². The third kappa shape index (κ3) is 3.58. The van der Waals surface area contributed by atoms with Crippen LogP contribution in [0, 0.1) is 0 Å². The van der Waals surface area contributed by atoms with Crippen molar-refractivity contribution in [3.63, 3.8) is 0 Å². The number of nitrogens with two attached hydrogens (primary N) is 1. The van der Waals surface area contributed by atoms with E-state index in [-0.39, 0.29) is 6.04 Å². The zero-order valence-corrected chi connectivity index (χ0v) is 11.9. The van der Waals surface area contributed by atoms with Crippen LogP contribution in [0.15, 0.2) is 30.5 Å². The van der Waals surface area contributed by atoms with Gasteiger partial charge >= 0.3 is 0 Å². The van der Waals surface area contributed by atoms with E-state index in [1.807, 2.05) is 6.92 Å². The Bertz CT molecular complexity index is 516. The Hall–Kier alpha value is -1.32. The van der Waals surface area contributed by atoms with E-state index in [1.165, 1.54) is 16.5 Å². The summed E-state index contributed by atoms with van der Waals surface area (Å²) in [4.78, 5) is 0. The first-order chi connectivity index (χ1) is 9.22. The fourth-order valence-corrected chi connectivity index (χ4v) is 2.49. The van der Waals surface area contributed by atoms with Crippen LogP contribution in [-0.2, 0) is 17.7 Å². The van der Waals surface area contributed by atoms with Crippen molar-refractivity contribution < 1.29 is 4.74 Å². The molecule has 0 saturated carbocycles. The van der Waals surface area contributed by atoms with E-state index in [9.17, 15) is 0 Å². The summed E-state index contributed by atoms with van der Waals surface area (Å²) in [5, 5.41) is 1.33. The van der Waals surface area contributed by atoms with E-state index in [4.69, 9.17) is 10.5 Å². The van der Waals surface area contributed by atoms with Crippen LogP contribution >= 0.6 is 0 Å². The van der Waals surface area contributed by atoms with E-state index >= 15 is 0 Å². The molecule has 1 atom stereocenters. The Kier molecular flexibility index (Phi) is 5.00. The molecule has 0 aliphatic heterocycles. The van der Waals surface area contributed by atoms with Crippen molar-refractivity contribution in [1.82, 2.24) is 4.57 Å². The summed E-state index contributed by atoms with van der Waals surface area (Å²) in [7, 11) is 0. The van der Waals surface area contributed by atoms with Gasteiger partial charge in [0.05, 0.1) is 0 Å². The van der Waals surface area contributed by atoms with E-state index < -0.39 is 0 Å². The molecule has 19 heavy (non-hydrogen) atoms. The lowest BCUT2D eigenvalue weighted by Gasteiger charge is -2.09. The molecule has 1 aromatic heterocycles. The van der Waals surface area contributed by atoms with Gasteiger partial charge in [-0.05, 0) is 44.4 Å². The summed E-state index contributed by atoms with van der Waals surface area (Å²) in [6.45, 7) is 6.72. The molecule has 2 aromatic rings. The summed E-state index contributed by atoms with van der Waals surface area (Å²) in [6, 6.07) is 8.89. The monoisotopic (exact) mass is 260 g/mol. The Labute approximate surface area is 115 Å². The molecule has 0 amide bonds. The summed E-state index contributed by atoms with van der Waals surface area (Å²) in [5.41, 5.74) is 8.56. The molecule has 1 heterocycles. The largest absolute Gasteiger partial charge is 0.382 e. The molecule has 0 radical (unpaired) electrons. The fourth-order valence-electron chi connectivity index (χ4n) is 2.49. The first-order valence-corrected chi connectivity index (χ1v) is 7.12. The third-order valence-electron chi connectivity index (χ3n) is 3.34. The van der Waals surface area contributed by atoms with Crippen LogP contribution in [-0.4, -0.2) is 23.8 Å². The number of nitrogens with zero attached hydrogens (tertiary/aromatic N) is 1. The second-order valence-electron chi connectivity index (χ2n) is 5.09. The normalized spacial score (nSPS) is 13.0. The van der Waals surface area contributed by atoms with Crippen molar-refractivity contribution in [3.8, 4) is 0 Å². The van der Waals surface area contributed by atoms with E-state index in [0.717, 1.165) is 32.6 Å². The van der Waals surface area contributed by atoms with Gasteiger partial charge in [-0.1, -0.05) is 12.1 Å². The maximum absolute atomic E-state index is 5.91. The first kappa shape index (κ1) is 14.1. The zero-order valence-electron chi connectivity index (χ0n) is 11.9. The molecular formula is C16H24N2O. The number of hydrogen-bond donors (Lipinski definition) is 1. The number of aryl methyl sites for hydroxylation is 1. The van der Waals surface area contributed by atoms with Crippen molar-refractivity contribution in [2.75, 3.05) is 13.2 Å². The van der Waals surface area contributed by atoms with Gasteiger partial charge in [0.25, 0.3) is 0 Å². The smallest absolute Gasteiger partial charge is 0.0483 e. The van der Waals surface area contributed by atoms with Crippen LogP contribution in [0.2, 0.25) is 0 Å². The quantitative estimate of drug-likeness (QED) is 0.777. The highest BCUT2D eigenvalue weighted by Gasteiger charge is 2.06.